The molecule has 0 unspecified atom stereocenters. The Morgan fingerprint density at radius 2 is 2.11 bits per heavy atom. The number of anilines is 1. The molecular formula is C18H17N5O3S. The van der Waals surface area contributed by atoms with E-state index in [2.05, 4.69) is 20.4 Å². The van der Waals surface area contributed by atoms with Crippen LogP contribution in [0.4, 0.5) is 5.82 Å². The topological polar surface area (TPSA) is 102 Å². The van der Waals surface area contributed by atoms with E-state index in [1.807, 2.05) is 13.0 Å². The Kier molecular flexibility index (Phi) is 4.44. The van der Waals surface area contributed by atoms with Gasteiger partial charge in [-0.3, -0.25) is 4.79 Å². The third kappa shape index (κ3) is 3.10. The van der Waals surface area contributed by atoms with Crippen LogP contribution < -0.4 is 10.1 Å². The number of aromatic nitrogens is 4. The van der Waals surface area contributed by atoms with E-state index in [-0.39, 0.29) is 22.7 Å². The van der Waals surface area contributed by atoms with Crippen molar-refractivity contribution in [2.24, 2.45) is 0 Å². The van der Waals surface area contributed by atoms with Crippen LogP contribution >= 0.6 is 11.8 Å². The summed E-state index contributed by atoms with van der Waals surface area (Å²) < 4.78 is 6.79. The molecule has 1 atom stereocenters. The number of hydrogen-bond donors (Lipinski definition) is 2. The molecule has 138 valence electrons. The van der Waals surface area contributed by atoms with Gasteiger partial charge in [-0.05, 0) is 30.7 Å². The molecule has 1 amide bonds. The van der Waals surface area contributed by atoms with Crippen LogP contribution in [-0.4, -0.2) is 43.6 Å². The van der Waals surface area contributed by atoms with Gasteiger partial charge in [0.15, 0.2) is 11.5 Å². The van der Waals surface area contributed by atoms with Crippen LogP contribution in [0.25, 0.3) is 5.95 Å². The summed E-state index contributed by atoms with van der Waals surface area (Å²) >= 11 is 1.49. The predicted octanol–water partition coefficient (Wildman–Crippen LogP) is 2.46. The number of ether oxygens (including phenoxy) is 1. The van der Waals surface area contributed by atoms with Crippen molar-refractivity contribution in [3.05, 3.63) is 53.5 Å². The van der Waals surface area contributed by atoms with E-state index in [0.29, 0.717) is 17.5 Å². The molecule has 0 bridgehead atoms. The van der Waals surface area contributed by atoms with Crippen LogP contribution in [0.3, 0.4) is 0 Å². The maximum atomic E-state index is 12.3. The lowest BCUT2D eigenvalue weighted by Gasteiger charge is -2.16. The highest BCUT2D eigenvalue weighted by atomic mass is 32.2. The number of rotatable bonds is 3. The molecule has 0 saturated carbocycles. The lowest BCUT2D eigenvalue weighted by molar-refractivity contribution is -0.113. The molecule has 1 aliphatic rings. The summed E-state index contributed by atoms with van der Waals surface area (Å²) in [5.41, 5.74) is 2.55. The molecule has 2 N–H and O–H groups in total. The van der Waals surface area contributed by atoms with Gasteiger partial charge >= 0.3 is 0 Å². The number of carbonyl (C=O) groups excluding carboxylic acids is 1. The van der Waals surface area contributed by atoms with Gasteiger partial charge < -0.3 is 15.2 Å². The first-order valence-corrected chi connectivity index (χ1v) is 9.28. The third-order valence-electron chi connectivity index (χ3n) is 4.26. The van der Waals surface area contributed by atoms with Crippen LogP contribution in [0.15, 0.2) is 36.7 Å². The number of nitrogens with one attached hydrogen (secondary N) is 1. The van der Waals surface area contributed by atoms with Crippen molar-refractivity contribution < 1.29 is 14.6 Å². The second-order valence-electron chi connectivity index (χ2n) is 5.98. The molecule has 0 radical (unpaired) electrons. The normalized spacial score (nSPS) is 16.4. The van der Waals surface area contributed by atoms with Gasteiger partial charge in [-0.2, -0.15) is 9.78 Å². The average molecular weight is 383 g/mol. The molecule has 4 rings (SSSR count). The smallest absolute Gasteiger partial charge is 0.252 e. The summed E-state index contributed by atoms with van der Waals surface area (Å²) in [6, 6.07) is 6.92. The molecule has 0 aliphatic carbocycles. The van der Waals surface area contributed by atoms with E-state index in [1.165, 1.54) is 18.9 Å². The lowest BCUT2D eigenvalue weighted by Crippen LogP contribution is -2.16. The first-order valence-electron chi connectivity index (χ1n) is 8.23. The average Bonchev–Trinajstić information content (AvgIpc) is 2.89. The SMILES string of the molecule is COc1cc([C@H]2SCC(=O)Nc3c2c(C)nn3-c2ncccn2)ccc1O. The Morgan fingerprint density at radius 3 is 2.85 bits per heavy atom. The molecule has 1 aromatic carbocycles. The van der Waals surface area contributed by atoms with Crippen molar-refractivity contribution in [3.8, 4) is 17.4 Å². The number of phenolic OH excluding ortho intramolecular Hbond substituents is 1. The number of phenols is 1. The van der Waals surface area contributed by atoms with Crippen molar-refractivity contribution >= 4 is 23.5 Å². The molecular weight excluding hydrogens is 366 g/mol. The van der Waals surface area contributed by atoms with Crippen LogP contribution in [-0.2, 0) is 4.79 Å². The first-order chi connectivity index (χ1) is 13.1. The van der Waals surface area contributed by atoms with Crippen molar-refractivity contribution in [3.63, 3.8) is 0 Å². The Balaban J connectivity index is 1.88. The highest BCUT2D eigenvalue weighted by Crippen LogP contribution is 2.45. The molecule has 8 nitrogen and oxygen atoms in total. The summed E-state index contributed by atoms with van der Waals surface area (Å²) in [4.78, 5) is 20.8. The molecule has 3 aromatic rings. The van der Waals surface area contributed by atoms with E-state index < -0.39 is 0 Å². The second-order valence-corrected chi connectivity index (χ2v) is 7.07. The van der Waals surface area contributed by atoms with E-state index in [1.54, 1.807) is 35.3 Å². The number of amides is 1. The molecule has 1 aliphatic heterocycles. The molecule has 9 heteroatoms. The van der Waals surface area contributed by atoms with Gasteiger partial charge in [-0.25, -0.2) is 9.97 Å². The van der Waals surface area contributed by atoms with Crippen molar-refractivity contribution in [2.45, 2.75) is 12.2 Å². The minimum Gasteiger partial charge on any atom is -0.504 e. The van der Waals surface area contributed by atoms with E-state index in [4.69, 9.17) is 4.74 Å². The predicted molar refractivity (Wildman–Crippen MR) is 101 cm³/mol. The lowest BCUT2D eigenvalue weighted by atomic mass is 10.0. The van der Waals surface area contributed by atoms with E-state index in [0.717, 1.165) is 16.8 Å². The van der Waals surface area contributed by atoms with Crippen molar-refractivity contribution in [1.29, 1.82) is 0 Å². The zero-order valence-electron chi connectivity index (χ0n) is 14.7. The minimum atomic E-state index is -0.161. The standard InChI is InChI=1S/C18H17N5O3S/c1-10-15-16(11-4-5-12(24)13(8-11)26-2)27-9-14(25)21-17(15)23(22-10)18-19-6-3-7-20-18/h3-8,16,24H,9H2,1-2H3,(H,21,25)/t16-/m1/s1. The molecule has 27 heavy (non-hydrogen) atoms. The van der Waals surface area contributed by atoms with E-state index >= 15 is 0 Å². The van der Waals surface area contributed by atoms with Crippen LogP contribution in [0, 0.1) is 6.92 Å². The fraction of sp³-hybridized carbons (Fsp3) is 0.222. The van der Waals surface area contributed by atoms with Crippen molar-refractivity contribution in [2.75, 3.05) is 18.2 Å². The van der Waals surface area contributed by atoms with Gasteiger partial charge in [0.05, 0.1) is 23.8 Å². The van der Waals surface area contributed by atoms with Gasteiger partial charge in [-0.1, -0.05) is 6.07 Å². The zero-order valence-corrected chi connectivity index (χ0v) is 15.5. The number of carbonyl (C=O) groups is 1. The quantitative estimate of drug-likeness (QED) is 0.716. The largest absolute Gasteiger partial charge is 0.504 e. The number of thioether (sulfide) groups is 1. The zero-order chi connectivity index (χ0) is 19.0. The summed E-state index contributed by atoms with van der Waals surface area (Å²) in [5.74, 6) is 1.57. The Bertz CT molecular complexity index is 1010. The summed E-state index contributed by atoms with van der Waals surface area (Å²) in [5, 5.41) is 17.2. The maximum Gasteiger partial charge on any atom is 0.252 e. The number of aromatic hydroxyl groups is 1. The van der Waals surface area contributed by atoms with Gasteiger partial charge in [0.2, 0.25) is 5.91 Å². The molecule has 0 saturated heterocycles. The van der Waals surface area contributed by atoms with Gasteiger partial charge in [0, 0.05) is 18.0 Å². The summed E-state index contributed by atoms with van der Waals surface area (Å²) in [6.45, 7) is 1.89. The number of hydrogen-bond acceptors (Lipinski definition) is 7. The second kappa shape index (κ2) is 6.92. The third-order valence-corrected chi connectivity index (χ3v) is 5.53. The summed E-state index contributed by atoms with van der Waals surface area (Å²) in [7, 11) is 1.51. The highest BCUT2D eigenvalue weighted by molar-refractivity contribution is 8.00. The maximum absolute atomic E-state index is 12.3. The van der Waals surface area contributed by atoms with Crippen LogP contribution in [0.1, 0.15) is 22.1 Å². The minimum absolute atomic E-state index is 0.0689. The van der Waals surface area contributed by atoms with Gasteiger partial charge in [0.1, 0.15) is 5.82 Å². The number of fused-ring (bicyclic) bond motifs is 1. The van der Waals surface area contributed by atoms with Crippen LogP contribution in [0.2, 0.25) is 0 Å². The molecule has 0 spiro atoms. The van der Waals surface area contributed by atoms with Crippen molar-refractivity contribution in [1.82, 2.24) is 19.7 Å². The van der Waals surface area contributed by atoms with Crippen LogP contribution in [0.5, 0.6) is 11.5 Å². The highest BCUT2D eigenvalue weighted by Gasteiger charge is 2.31. The summed E-state index contributed by atoms with van der Waals surface area (Å²) in [6.07, 6.45) is 3.25. The van der Waals surface area contributed by atoms with Gasteiger partial charge in [-0.15, -0.1) is 11.8 Å². The number of aryl methyl sites for hydroxylation is 1. The fourth-order valence-electron chi connectivity index (χ4n) is 3.05. The first kappa shape index (κ1) is 17.3. The monoisotopic (exact) mass is 383 g/mol. The number of methoxy groups -OCH3 is 1. The Hall–Kier alpha value is -3.07. The number of nitrogens with zero attached hydrogens (tertiary/aromatic N) is 4. The number of benzene rings is 1. The van der Waals surface area contributed by atoms with E-state index in [9.17, 15) is 9.90 Å². The fourth-order valence-corrected chi connectivity index (χ4v) is 4.23. The van der Waals surface area contributed by atoms with Gasteiger partial charge in [0.25, 0.3) is 5.95 Å². The Morgan fingerprint density at radius 1 is 1.33 bits per heavy atom. The molecule has 0 fully saturated rings. The Labute approximate surface area is 159 Å². The molecule has 2 aromatic heterocycles. The molecule has 3 heterocycles.